The van der Waals surface area contributed by atoms with E-state index in [0.717, 1.165) is 5.56 Å². The Bertz CT molecular complexity index is 769. The molecule has 0 aromatic heterocycles. The monoisotopic (exact) mass is 356 g/mol. The van der Waals surface area contributed by atoms with Crippen LogP contribution < -0.4 is 4.74 Å². The van der Waals surface area contributed by atoms with Crippen molar-refractivity contribution in [3.05, 3.63) is 65.7 Å². The van der Waals surface area contributed by atoms with Crippen molar-refractivity contribution >= 4 is 17.9 Å². The topological polar surface area (TPSA) is 78.9 Å². The Morgan fingerprint density at radius 1 is 0.962 bits per heavy atom. The first-order chi connectivity index (χ1) is 12.5. The maximum atomic E-state index is 12.5. The summed E-state index contributed by atoms with van der Waals surface area (Å²) in [4.78, 5) is 35.9. The number of ether oxygens (including phenoxy) is 3. The molecule has 0 amide bonds. The van der Waals surface area contributed by atoms with E-state index >= 15 is 0 Å². The van der Waals surface area contributed by atoms with Gasteiger partial charge in [-0.05, 0) is 24.6 Å². The summed E-state index contributed by atoms with van der Waals surface area (Å²) in [6, 6.07) is 15.3. The van der Waals surface area contributed by atoms with Gasteiger partial charge in [0.15, 0.2) is 0 Å². The van der Waals surface area contributed by atoms with Gasteiger partial charge < -0.3 is 14.2 Å². The molecule has 0 aliphatic heterocycles. The molecule has 2 aromatic carbocycles. The molecule has 6 nitrogen and oxygen atoms in total. The summed E-state index contributed by atoms with van der Waals surface area (Å²) in [5, 5.41) is 0. The summed E-state index contributed by atoms with van der Waals surface area (Å²) >= 11 is 0. The highest BCUT2D eigenvalue weighted by Crippen LogP contribution is 2.21. The molecule has 0 saturated heterocycles. The molecule has 1 atom stereocenters. The van der Waals surface area contributed by atoms with Gasteiger partial charge in [-0.25, -0.2) is 9.59 Å². The third-order valence-corrected chi connectivity index (χ3v) is 3.42. The van der Waals surface area contributed by atoms with Gasteiger partial charge in [0, 0.05) is 13.3 Å². The highest BCUT2D eigenvalue weighted by molar-refractivity contribution is 5.95. The van der Waals surface area contributed by atoms with Crippen molar-refractivity contribution in [1.29, 1.82) is 0 Å². The number of para-hydroxylation sites is 1. The van der Waals surface area contributed by atoms with Crippen molar-refractivity contribution in [3.8, 4) is 5.75 Å². The third kappa shape index (κ3) is 5.44. The van der Waals surface area contributed by atoms with Crippen molar-refractivity contribution in [2.75, 3.05) is 6.61 Å². The Morgan fingerprint density at radius 3 is 2.27 bits per heavy atom. The van der Waals surface area contributed by atoms with Gasteiger partial charge in [-0.2, -0.15) is 0 Å². The normalized spacial score (nSPS) is 11.3. The Hall–Kier alpha value is -3.15. The first-order valence-corrected chi connectivity index (χ1v) is 8.20. The lowest BCUT2D eigenvalue weighted by Gasteiger charge is -2.17. The molecule has 2 rings (SSSR count). The maximum Gasteiger partial charge on any atom is 0.347 e. The minimum atomic E-state index is -1.10. The average Bonchev–Trinajstić information content (AvgIpc) is 2.62. The summed E-state index contributed by atoms with van der Waals surface area (Å²) in [6.45, 7) is 3.08. The minimum Gasteiger partial charge on any atom is -0.463 e. The molecule has 6 heteroatoms. The average molecular weight is 356 g/mol. The van der Waals surface area contributed by atoms with Crippen LogP contribution >= 0.6 is 0 Å². The highest BCUT2D eigenvalue weighted by atomic mass is 16.6. The predicted molar refractivity (Wildman–Crippen MR) is 93.7 cm³/mol. The summed E-state index contributed by atoms with van der Waals surface area (Å²) in [5.74, 6) is -1.88. The second-order valence-electron chi connectivity index (χ2n) is 5.43. The van der Waals surface area contributed by atoms with Crippen LogP contribution in [-0.4, -0.2) is 30.6 Å². The van der Waals surface area contributed by atoms with E-state index in [1.165, 1.54) is 19.1 Å². The second kappa shape index (κ2) is 9.36. The van der Waals surface area contributed by atoms with E-state index in [1.807, 2.05) is 30.3 Å². The smallest absolute Gasteiger partial charge is 0.347 e. The fourth-order valence-electron chi connectivity index (χ4n) is 2.31. The predicted octanol–water partition coefficient (Wildman–Crippen LogP) is 2.94. The van der Waals surface area contributed by atoms with Gasteiger partial charge in [-0.3, -0.25) is 4.79 Å². The third-order valence-electron chi connectivity index (χ3n) is 3.42. The quantitative estimate of drug-likeness (QED) is 0.561. The van der Waals surface area contributed by atoms with E-state index in [2.05, 4.69) is 0 Å². The van der Waals surface area contributed by atoms with E-state index in [1.54, 1.807) is 19.1 Å². The lowest BCUT2D eigenvalue weighted by molar-refractivity contribution is -0.153. The fraction of sp³-hybridized carbons (Fsp3) is 0.250. The fourth-order valence-corrected chi connectivity index (χ4v) is 2.31. The number of carbonyl (C=O) groups excluding carboxylic acids is 3. The van der Waals surface area contributed by atoms with Crippen LogP contribution in [0.1, 0.15) is 29.8 Å². The summed E-state index contributed by atoms with van der Waals surface area (Å²) in [6.07, 6.45) is -0.920. The molecule has 26 heavy (non-hydrogen) atoms. The van der Waals surface area contributed by atoms with Gasteiger partial charge in [0.1, 0.15) is 11.3 Å². The number of rotatable bonds is 7. The van der Waals surface area contributed by atoms with Gasteiger partial charge in [-0.15, -0.1) is 0 Å². The van der Waals surface area contributed by atoms with Crippen LogP contribution in [0.5, 0.6) is 5.75 Å². The van der Waals surface area contributed by atoms with E-state index in [9.17, 15) is 14.4 Å². The molecule has 136 valence electrons. The number of carbonyl (C=O) groups is 3. The molecule has 0 saturated carbocycles. The van der Waals surface area contributed by atoms with Gasteiger partial charge in [0.2, 0.25) is 6.10 Å². The SMILES string of the molecule is CCOC(=O)[C@H](Cc1ccccc1)OC(=O)c1ccccc1OC(C)=O. The molecule has 0 heterocycles. The Morgan fingerprint density at radius 2 is 1.62 bits per heavy atom. The van der Waals surface area contributed by atoms with Crippen LogP contribution in [-0.2, 0) is 25.5 Å². The van der Waals surface area contributed by atoms with Crippen molar-refractivity contribution in [2.45, 2.75) is 26.4 Å². The summed E-state index contributed by atoms with van der Waals surface area (Å²) in [5.41, 5.74) is 0.886. The molecule has 0 spiro atoms. The zero-order valence-electron chi connectivity index (χ0n) is 14.6. The molecule has 0 N–H and O–H groups in total. The molecule has 0 unspecified atom stereocenters. The van der Waals surface area contributed by atoms with Gasteiger partial charge in [-0.1, -0.05) is 42.5 Å². The standard InChI is InChI=1S/C20H20O6/c1-3-24-20(23)18(13-15-9-5-4-6-10-15)26-19(22)16-11-7-8-12-17(16)25-14(2)21/h4-12,18H,3,13H2,1-2H3/t18-/m0/s1. The molecule has 0 bridgehead atoms. The van der Waals surface area contributed by atoms with Crippen molar-refractivity contribution in [3.63, 3.8) is 0 Å². The number of benzene rings is 2. The van der Waals surface area contributed by atoms with E-state index in [4.69, 9.17) is 14.2 Å². The van der Waals surface area contributed by atoms with Crippen molar-refractivity contribution < 1.29 is 28.6 Å². The highest BCUT2D eigenvalue weighted by Gasteiger charge is 2.27. The maximum absolute atomic E-state index is 12.5. The zero-order chi connectivity index (χ0) is 18.9. The molecule has 2 aromatic rings. The molecular weight excluding hydrogens is 336 g/mol. The zero-order valence-corrected chi connectivity index (χ0v) is 14.6. The van der Waals surface area contributed by atoms with Crippen LogP contribution in [0.4, 0.5) is 0 Å². The molecule has 0 fully saturated rings. The number of hydrogen-bond donors (Lipinski definition) is 0. The van der Waals surface area contributed by atoms with E-state index in [0.29, 0.717) is 0 Å². The molecule has 0 radical (unpaired) electrons. The van der Waals surface area contributed by atoms with Crippen LogP contribution in [0.2, 0.25) is 0 Å². The van der Waals surface area contributed by atoms with Gasteiger partial charge in [0.05, 0.1) is 6.61 Å². The second-order valence-corrected chi connectivity index (χ2v) is 5.43. The lowest BCUT2D eigenvalue weighted by Crippen LogP contribution is -2.31. The van der Waals surface area contributed by atoms with Gasteiger partial charge >= 0.3 is 17.9 Å². The van der Waals surface area contributed by atoms with Gasteiger partial charge in [0.25, 0.3) is 0 Å². The Labute approximate surface area is 151 Å². The van der Waals surface area contributed by atoms with E-state index in [-0.39, 0.29) is 24.3 Å². The number of hydrogen-bond acceptors (Lipinski definition) is 6. The van der Waals surface area contributed by atoms with Crippen LogP contribution in [0.3, 0.4) is 0 Å². The van der Waals surface area contributed by atoms with Crippen LogP contribution in [0.25, 0.3) is 0 Å². The first-order valence-electron chi connectivity index (χ1n) is 8.20. The van der Waals surface area contributed by atoms with E-state index < -0.39 is 24.0 Å². The Kier molecular flexibility index (Phi) is 6.91. The summed E-state index contributed by atoms with van der Waals surface area (Å²) in [7, 11) is 0. The summed E-state index contributed by atoms with van der Waals surface area (Å²) < 4.78 is 15.4. The van der Waals surface area contributed by atoms with Crippen molar-refractivity contribution in [1.82, 2.24) is 0 Å². The first kappa shape index (κ1) is 19.2. The minimum absolute atomic E-state index is 0.0602. The van der Waals surface area contributed by atoms with Crippen molar-refractivity contribution in [2.24, 2.45) is 0 Å². The number of esters is 3. The van der Waals surface area contributed by atoms with Crippen LogP contribution in [0, 0.1) is 0 Å². The largest absolute Gasteiger partial charge is 0.463 e. The van der Waals surface area contributed by atoms with Crippen LogP contribution in [0.15, 0.2) is 54.6 Å². The molecule has 0 aliphatic carbocycles. The molecular formula is C20H20O6. The molecule has 0 aliphatic rings. The lowest BCUT2D eigenvalue weighted by atomic mass is 10.1. The Balaban J connectivity index is 2.20.